The Bertz CT molecular complexity index is 412. The number of amides is 1. The monoisotopic (exact) mass is 282 g/mol. The van der Waals surface area contributed by atoms with Crippen LogP contribution in [0.3, 0.4) is 0 Å². The van der Waals surface area contributed by atoms with Crippen LogP contribution in [0.1, 0.15) is 36.0 Å². The fraction of sp³-hybridized carbons (Fsp3) is 0.538. The summed E-state index contributed by atoms with van der Waals surface area (Å²) >= 11 is 1.89. The SMILES string of the molecule is CSCCCCCCNc1cc(C(N)=O)c(N)cn1. The van der Waals surface area contributed by atoms with Gasteiger partial charge in [0, 0.05) is 6.54 Å². The van der Waals surface area contributed by atoms with Gasteiger partial charge in [-0.3, -0.25) is 4.79 Å². The number of carbonyl (C=O) groups excluding carboxylic acids is 1. The molecule has 1 aromatic rings. The fourth-order valence-corrected chi connectivity index (χ4v) is 2.21. The molecule has 0 saturated carbocycles. The topological polar surface area (TPSA) is 94.0 Å². The van der Waals surface area contributed by atoms with E-state index >= 15 is 0 Å². The Morgan fingerprint density at radius 3 is 2.79 bits per heavy atom. The molecule has 0 aromatic carbocycles. The highest BCUT2D eigenvalue weighted by atomic mass is 32.2. The van der Waals surface area contributed by atoms with Crippen LogP contribution in [0.5, 0.6) is 0 Å². The van der Waals surface area contributed by atoms with Gasteiger partial charge in [-0.1, -0.05) is 12.8 Å². The Labute approximate surface area is 118 Å². The molecule has 1 heterocycles. The summed E-state index contributed by atoms with van der Waals surface area (Å²) < 4.78 is 0. The molecule has 0 saturated heterocycles. The molecule has 5 N–H and O–H groups in total. The Kier molecular flexibility index (Phi) is 7.10. The van der Waals surface area contributed by atoms with Gasteiger partial charge in [-0.25, -0.2) is 4.98 Å². The minimum atomic E-state index is -0.528. The number of hydrogen-bond acceptors (Lipinski definition) is 5. The maximum Gasteiger partial charge on any atom is 0.250 e. The molecule has 0 atom stereocenters. The van der Waals surface area contributed by atoms with Crippen molar-refractivity contribution in [2.75, 3.05) is 29.6 Å². The first kappa shape index (κ1) is 15.6. The largest absolute Gasteiger partial charge is 0.397 e. The highest BCUT2D eigenvalue weighted by molar-refractivity contribution is 7.98. The number of nitrogens with two attached hydrogens (primary N) is 2. The maximum absolute atomic E-state index is 11.1. The molecule has 0 aliphatic carbocycles. The zero-order valence-electron chi connectivity index (χ0n) is 11.3. The number of nitrogens with one attached hydrogen (secondary N) is 1. The minimum absolute atomic E-state index is 0.315. The Hall–Kier alpha value is -1.43. The van der Waals surface area contributed by atoms with E-state index in [1.165, 1.54) is 31.2 Å². The third kappa shape index (κ3) is 5.83. The number of hydrogen-bond donors (Lipinski definition) is 3. The Morgan fingerprint density at radius 1 is 1.37 bits per heavy atom. The van der Waals surface area contributed by atoms with E-state index in [1.807, 2.05) is 11.8 Å². The molecule has 106 valence electrons. The van der Waals surface area contributed by atoms with Crippen LogP contribution in [0.25, 0.3) is 0 Å². The summed E-state index contributed by atoms with van der Waals surface area (Å²) in [7, 11) is 0. The van der Waals surface area contributed by atoms with Crippen LogP contribution < -0.4 is 16.8 Å². The third-order valence-electron chi connectivity index (χ3n) is 2.78. The van der Waals surface area contributed by atoms with Gasteiger partial charge in [-0.15, -0.1) is 0 Å². The summed E-state index contributed by atoms with van der Waals surface area (Å²) in [6, 6.07) is 1.60. The van der Waals surface area contributed by atoms with E-state index in [4.69, 9.17) is 11.5 Å². The van der Waals surface area contributed by atoms with Gasteiger partial charge in [0.15, 0.2) is 0 Å². The zero-order chi connectivity index (χ0) is 14.1. The molecule has 1 aromatic heterocycles. The zero-order valence-corrected chi connectivity index (χ0v) is 12.1. The predicted molar refractivity (Wildman–Crippen MR) is 82.5 cm³/mol. The van der Waals surface area contributed by atoms with Crippen molar-refractivity contribution in [3.8, 4) is 0 Å². The molecule has 0 aliphatic heterocycles. The quantitative estimate of drug-likeness (QED) is 0.603. The number of nitrogens with zero attached hydrogens (tertiary/aromatic N) is 1. The molecule has 0 unspecified atom stereocenters. The summed E-state index contributed by atoms with van der Waals surface area (Å²) in [5.41, 5.74) is 11.5. The van der Waals surface area contributed by atoms with Crippen molar-refractivity contribution in [1.29, 1.82) is 0 Å². The van der Waals surface area contributed by atoms with Gasteiger partial charge in [0.25, 0.3) is 5.91 Å². The van der Waals surface area contributed by atoms with E-state index in [9.17, 15) is 4.79 Å². The lowest BCUT2D eigenvalue weighted by atomic mass is 10.2. The van der Waals surface area contributed by atoms with Crippen LogP contribution >= 0.6 is 11.8 Å². The lowest BCUT2D eigenvalue weighted by molar-refractivity contribution is 0.100. The molecule has 0 spiro atoms. The summed E-state index contributed by atoms with van der Waals surface area (Å²) in [5, 5.41) is 3.18. The van der Waals surface area contributed by atoms with Crippen LogP contribution in [0.2, 0.25) is 0 Å². The number of unbranched alkanes of at least 4 members (excludes halogenated alkanes) is 3. The van der Waals surface area contributed by atoms with Crippen LogP contribution in [-0.4, -0.2) is 29.4 Å². The molecule has 0 bridgehead atoms. The van der Waals surface area contributed by atoms with Crippen LogP contribution in [0.4, 0.5) is 11.5 Å². The van der Waals surface area contributed by atoms with E-state index in [2.05, 4.69) is 16.6 Å². The fourth-order valence-electron chi connectivity index (χ4n) is 1.72. The standard InChI is InChI=1S/C13H22N4OS/c1-19-7-5-3-2-4-6-16-12-8-10(13(15)18)11(14)9-17-12/h8-9H,2-7,14H2,1H3,(H2,15,18)(H,16,17). The molecular formula is C13H22N4OS. The lowest BCUT2D eigenvalue weighted by Gasteiger charge is -2.08. The van der Waals surface area contributed by atoms with E-state index in [0.29, 0.717) is 17.1 Å². The number of aromatic nitrogens is 1. The number of rotatable bonds is 9. The molecule has 0 radical (unpaired) electrons. The van der Waals surface area contributed by atoms with Crippen molar-refractivity contribution in [1.82, 2.24) is 4.98 Å². The van der Waals surface area contributed by atoms with Gasteiger partial charge in [0.05, 0.1) is 17.4 Å². The second-order valence-electron chi connectivity index (χ2n) is 4.35. The van der Waals surface area contributed by atoms with Crippen molar-refractivity contribution in [3.63, 3.8) is 0 Å². The highest BCUT2D eigenvalue weighted by Gasteiger charge is 2.07. The minimum Gasteiger partial charge on any atom is -0.397 e. The van der Waals surface area contributed by atoms with E-state index < -0.39 is 5.91 Å². The Balaban J connectivity index is 2.30. The average molecular weight is 282 g/mol. The summed E-state index contributed by atoms with van der Waals surface area (Å²) in [4.78, 5) is 15.3. The van der Waals surface area contributed by atoms with Crippen LogP contribution in [0, 0.1) is 0 Å². The van der Waals surface area contributed by atoms with Crippen LogP contribution in [-0.2, 0) is 0 Å². The molecule has 6 heteroatoms. The van der Waals surface area contributed by atoms with E-state index in [0.717, 1.165) is 13.0 Å². The summed E-state index contributed by atoms with van der Waals surface area (Å²) in [5.74, 6) is 1.35. The van der Waals surface area contributed by atoms with Gasteiger partial charge < -0.3 is 16.8 Å². The number of nitrogen functional groups attached to an aromatic ring is 1. The molecular weight excluding hydrogens is 260 g/mol. The smallest absolute Gasteiger partial charge is 0.250 e. The normalized spacial score (nSPS) is 10.4. The van der Waals surface area contributed by atoms with Crippen molar-refractivity contribution < 1.29 is 4.79 Å². The van der Waals surface area contributed by atoms with Crippen molar-refractivity contribution in [3.05, 3.63) is 17.8 Å². The highest BCUT2D eigenvalue weighted by Crippen LogP contribution is 2.14. The van der Waals surface area contributed by atoms with Crippen LogP contribution in [0.15, 0.2) is 12.3 Å². The summed E-state index contributed by atoms with van der Waals surface area (Å²) in [6.45, 7) is 0.842. The first-order valence-corrected chi connectivity index (χ1v) is 7.82. The molecule has 1 amide bonds. The first-order valence-electron chi connectivity index (χ1n) is 6.43. The summed E-state index contributed by atoms with van der Waals surface area (Å²) in [6.07, 6.45) is 8.40. The number of pyridine rings is 1. The molecule has 0 fully saturated rings. The molecule has 19 heavy (non-hydrogen) atoms. The molecule has 0 aliphatic rings. The van der Waals surface area contributed by atoms with Crippen molar-refractivity contribution in [2.45, 2.75) is 25.7 Å². The van der Waals surface area contributed by atoms with Gasteiger partial charge >= 0.3 is 0 Å². The van der Waals surface area contributed by atoms with Gasteiger partial charge in [-0.2, -0.15) is 11.8 Å². The number of anilines is 2. The van der Waals surface area contributed by atoms with E-state index in [1.54, 1.807) is 6.07 Å². The van der Waals surface area contributed by atoms with E-state index in [-0.39, 0.29) is 0 Å². The lowest BCUT2D eigenvalue weighted by Crippen LogP contribution is -2.15. The second-order valence-corrected chi connectivity index (χ2v) is 5.34. The van der Waals surface area contributed by atoms with Crippen molar-refractivity contribution in [2.24, 2.45) is 5.73 Å². The number of primary amides is 1. The maximum atomic E-state index is 11.1. The average Bonchev–Trinajstić information content (AvgIpc) is 2.39. The second kappa shape index (κ2) is 8.63. The molecule has 1 rings (SSSR count). The van der Waals surface area contributed by atoms with Gasteiger partial charge in [0.1, 0.15) is 5.82 Å². The van der Waals surface area contributed by atoms with Gasteiger partial charge in [0.2, 0.25) is 0 Å². The van der Waals surface area contributed by atoms with Crippen molar-refractivity contribution >= 4 is 29.2 Å². The number of thioether (sulfide) groups is 1. The predicted octanol–water partition coefficient (Wildman–Crippen LogP) is 2.10. The van der Waals surface area contributed by atoms with Gasteiger partial charge in [-0.05, 0) is 30.9 Å². The first-order chi connectivity index (χ1) is 9.15. The number of carbonyl (C=O) groups is 1. The third-order valence-corrected chi connectivity index (χ3v) is 3.48. The molecule has 5 nitrogen and oxygen atoms in total. The Morgan fingerprint density at radius 2 is 2.11 bits per heavy atom.